The first-order chi connectivity index (χ1) is 14.9. The Labute approximate surface area is 184 Å². The van der Waals surface area contributed by atoms with Crippen LogP contribution in [0.1, 0.15) is 24.2 Å². The summed E-state index contributed by atoms with van der Waals surface area (Å²) in [4.78, 5) is 41.3. The smallest absolute Gasteiger partial charge is 0.319 e. The van der Waals surface area contributed by atoms with E-state index < -0.39 is 12.1 Å². The molecule has 1 heterocycles. The molecule has 3 rings (SSSR count). The number of hydrogen-bond donors (Lipinski definition) is 4. The number of anilines is 3. The van der Waals surface area contributed by atoms with E-state index in [1.807, 2.05) is 32.0 Å². The Balaban J connectivity index is 1.58. The molecule has 1 unspecified atom stereocenters. The molecule has 9 heteroatoms. The van der Waals surface area contributed by atoms with Gasteiger partial charge in [-0.2, -0.15) is 0 Å². The molecule has 1 atom stereocenters. The van der Waals surface area contributed by atoms with Gasteiger partial charge in [-0.15, -0.1) is 11.3 Å². The summed E-state index contributed by atoms with van der Waals surface area (Å²) >= 11 is 1.33. The number of aromatic nitrogens is 1. The molecule has 0 saturated carbocycles. The summed E-state index contributed by atoms with van der Waals surface area (Å²) in [7, 11) is 0. The zero-order chi connectivity index (χ0) is 22.2. The van der Waals surface area contributed by atoms with Gasteiger partial charge in [0.15, 0.2) is 5.13 Å². The van der Waals surface area contributed by atoms with Gasteiger partial charge >= 0.3 is 6.03 Å². The maximum atomic E-state index is 12.7. The minimum absolute atomic E-state index is 0.134. The summed E-state index contributed by atoms with van der Waals surface area (Å²) in [6, 6.07) is 14.3. The van der Waals surface area contributed by atoms with Crippen LogP contribution in [0.25, 0.3) is 0 Å². The number of thiazole rings is 1. The van der Waals surface area contributed by atoms with Crippen molar-refractivity contribution in [2.75, 3.05) is 16.0 Å². The third kappa shape index (κ3) is 6.38. The number of benzene rings is 2. The number of urea groups is 1. The maximum absolute atomic E-state index is 12.7. The van der Waals surface area contributed by atoms with Gasteiger partial charge in [-0.1, -0.05) is 32.0 Å². The summed E-state index contributed by atoms with van der Waals surface area (Å²) in [6.45, 7) is 3.69. The van der Waals surface area contributed by atoms with Gasteiger partial charge in [0, 0.05) is 28.5 Å². The van der Waals surface area contributed by atoms with Gasteiger partial charge in [-0.3, -0.25) is 14.9 Å². The normalized spacial score (nSPS) is 11.5. The average Bonchev–Trinajstić information content (AvgIpc) is 3.26. The highest BCUT2D eigenvalue weighted by molar-refractivity contribution is 7.13. The Morgan fingerprint density at radius 3 is 2.16 bits per heavy atom. The molecule has 3 aromatic rings. The van der Waals surface area contributed by atoms with E-state index in [-0.39, 0.29) is 17.7 Å². The van der Waals surface area contributed by atoms with Crippen molar-refractivity contribution < 1.29 is 14.4 Å². The molecule has 0 radical (unpaired) electrons. The lowest BCUT2D eigenvalue weighted by Gasteiger charge is -2.22. The van der Waals surface area contributed by atoms with E-state index in [9.17, 15) is 14.4 Å². The second-order valence-corrected chi connectivity index (χ2v) is 7.94. The van der Waals surface area contributed by atoms with Crippen LogP contribution < -0.4 is 21.3 Å². The van der Waals surface area contributed by atoms with Crippen molar-refractivity contribution in [1.29, 1.82) is 0 Å². The molecular weight excluding hydrogens is 414 g/mol. The molecule has 8 nitrogen and oxygen atoms in total. The summed E-state index contributed by atoms with van der Waals surface area (Å²) < 4.78 is 0. The van der Waals surface area contributed by atoms with Gasteiger partial charge in [-0.25, -0.2) is 9.78 Å². The van der Waals surface area contributed by atoms with Crippen molar-refractivity contribution in [2.45, 2.75) is 19.9 Å². The van der Waals surface area contributed by atoms with E-state index in [1.165, 1.54) is 11.3 Å². The fourth-order valence-electron chi connectivity index (χ4n) is 2.74. The van der Waals surface area contributed by atoms with Gasteiger partial charge in [0.05, 0.1) is 0 Å². The number of amides is 4. The Kier molecular flexibility index (Phi) is 7.34. The fraction of sp³-hybridized carbons (Fsp3) is 0.182. The maximum Gasteiger partial charge on any atom is 0.319 e. The molecule has 0 aliphatic carbocycles. The largest absolute Gasteiger partial charge is 0.326 e. The Bertz CT molecular complexity index is 1020. The average molecular weight is 438 g/mol. The number of carbonyl (C=O) groups excluding carboxylic acids is 3. The number of nitrogens with one attached hydrogen (secondary N) is 4. The fourth-order valence-corrected chi connectivity index (χ4v) is 3.27. The SMILES string of the molecule is CC(C)C(NC(=O)Nc1ccccc1)C(=O)Nc1ccc(C(=O)Nc2nccs2)cc1. The van der Waals surface area contributed by atoms with Crippen molar-refractivity contribution in [3.63, 3.8) is 0 Å². The highest BCUT2D eigenvalue weighted by Gasteiger charge is 2.24. The van der Waals surface area contributed by atoms with Crippen molar-refractivity contribution in [2.24, 2.45) is 5.92 Å². The molecule has 1 aromatic heterocycles. The van der Waals surface area contributed by atoms with Gasteiger partial charge in [0.1, 0.15) is 6.04 Å². The molecule has 4 N–H and O–H groups in total. The van der Waals surface area contributed by atoms with Crippen LogP contribution in [0.15, 0.2) is 66.2 Å². The van der Waals surface area contributed by atoms with E-state index in [1.54, 1.807) is 48.0 Å². The third-order valence-corrected chi connectivity index (χ3v) is 5.02. The van der Waals surface area contributed by atoms with Crippen molar-refractivity contribution in [3.05, 3.63) is 71.7 Å². The molecule has 2 aromatic carbocycles. The van der Waals surface area contributed by atoms with E-state index in [4.69, 9.17) is 0 Å². The number of hydrogen-bond acceptors (Lipinski definition) is 5. The van der Waals surface area contributed by atoms with Crippen molar-refractivity contribution in [1.82, 2.24) is 10.3 Å². The topological polar surface area (TPSA) is 112 Å². The molecule has 0 bridgehead atoms. The minimum atomic E-state index is -0.739. The second-order valence-electron chi connectivity index (χ2n) is 7.04. The highest BCUT2D eigenvalue weighted by Crippen LogP contribution is 2.15. The van der Waals surface area contributed by atoms with Gasteiger partial charge in [0.2, 0.25) is 5.91 Å². The van der Waals surface area contributed by atoms with E-state index in [0.29, 0.717) is 22.1 Å². The Morgan fingerprint density at radius 1 is 0.871 bits per heavy atom. The third-order valence-electron chi connectivity index (χ3n) is 4.33. The van der Waals surface area contributed by atoms with Crippen LogP contribution in [0.2, 0.25) is 0 Å². The summed E-state index contributed by atoms with van der Waals surface area (Å²) in [5.74, 6) is -0.768. The number of nitrogens with zero attached hydrogens (tertiary/aromatic N) is 1. The molecule has 0 aliphatic heterocycles. The summed E-state index contributed by atoms with van der Waals surface area (Å²) in [6.07, 6.45) is 1.61. The first kappa shape index (κ1) is 22.0. The number of rotatable bonds is 7. The molecule has 31 heavy (non-hydrogen) atoms. The molecule has 0 spiro atoms. The number of carbonyl (C=O) groups is 3. The predicted molar refractivity (Wildman–Crippen MR) is 122 cm³/mol. The van der Waals surface area contributed by atoms with Crippen LogP contribution in [0.3, 0.4) is 0 Å². The summed E-state index contributed by atoms with van der Waals surface area (Å²) in [5.41, 5.74) is 1.59. The van der Waals surface area contributed by atoms with Crippen LogP contribution in [-0.2, 0) is 4.79 Å². The highest BCUT2D eigenvalue weighted by atomic mass is 32.1. The van der Waals surface area contributed by atoms with Crippen LogP contribution >= 0.6 is 11.3 Å². The molecule has 160 valence electrons. The zero-order valence-electron chi connectivity index (χ0n) is 17.1. The Morgan fingerprint density at radius 2 is 1.55 bits per heavy atom. The molecular formula is C22H23N5O3S. The zero-order valence-corrected chi connectivity index (χ0v) is 17.9. The first-order valence-electron chi connectivity index (χ1n) is 9.66. The monoisotopic (exact) mass is 437 g/mol. The number of para-hydroxylation sites is 1. The molecule has 0 saturated heterocycles. The van der Waals surface area contributed by atoms with Crippen LogP contribution in [0.5, 0.6) is 0 Å². The molecule has 0 aliphatic rings. The lowest BCUT2D eigenvalue weighted by atomic mass is 10.0. The lowest BCUT2D eigenvalue weighted by Crippen LogP contribution is -2.48. The lowest BCUT2D eigenvalue weighted by molar-refractivity contribution is -0.118. The van der Waals surface area contributed by atoms with Gasteiger partial charge in [0.25, 0.3) is 5.91 Å². The van der Waals surface area contributed by atoms with E-state index >= 15 is 0 Å². The molecule has 4 amide bonds. The minimum Gasteiger partial charge on any atom is -0.326 e. The first-order valence-corrected chi connectivity index (χ1v) is 10.5. The molecule has 0 fully saturated rings. The van der Waals surface area contributed by atoms with Crippen LogP contribution in [0, 0.1) is 5.92 Å². The van der Waals surface area contributed by atoms with Crippen molar-refractivity contribution in [3.8, 4) is 0 Å². The van der Waals surface area contributed by atoms with Crippen molar-refractivity contribution >= 4 is 45.7 Å². The van der Waals surface area contributed by atoms with Gasteiger partial charge in [-0.05, 0) is 42.3 Å². The van der Waals surface area contributed by atoms with E-state index in [0.717, 1.165) is 0 Å². The predicted octanol–water partition coefficient (Wildman–Crippen LogP) is 4.18. The second kappa shape index (κ2) is 10.4. The van der Waals surface area contributed by atoms with Crippen LogP contribution in [-0.4, -0.2) is 28.9 Å². The van der Waals surface area contributed by atoms with Gasteiger partial charge < -0.3 is 16.0 Å². The Hall–Kier alpha value is -3.72. The summed E-state index contributed by atoms with van der Waals surface area (Å²) in [5, 5.41) is 13.2. The quantitative estimate of drug-likeness (QED) is 0.444. The van der Waals surface area contributed by atoms with E-state index in [2.05, 4.69) is 26.3 Å². The van der Waals surface area contributed by atoms with Crippen LogP contribution in [0.4, 0.5) is 21.3 Å². The standard InChI is InChI=1S/C22H23N5O3S/c1-14(2)18(26-21(30)25-16-6-4-3-5-7-16)20(29)24-17-10-8-15(9-11-17)19(28)27-22-23-12-13-31-22/h3-14,18H,1-2H3,(H,24,29)(H,23,27,28)(H2,25,26,30).